The van der Waals surface area contributed by atoms with E-state index in [1.807, 2.05) is 22.6 Å². The van der Waals surface area contributed by atoms with Gasteiger partial charge in [-0.25, -0.2) is 4.39 Å². The van der Waals surface area contributed by atoms with Crippen LogP contribution in [0.3, 0.4) is 0 Å². The number of hydrogen-bond donors (Lipinski definition) is 0. The summed E-state index contributed by atoms with van der Waals surface area (Å²) in [7, 11) is 1.93. The molecule has 2 heterocycles. The highest BCUT2D eigenvalue weighted by Crippen LogP contribution is 2.35. The van der Waals surface area contributed by atoms with Gasteiger partial charge in [-0.15, -0.1) is 10.2 Å². The minimum Gasteiger partial charge on any atom is -0.369 e. The van der Waals surface area contributed by atoms with E-state index in [4.69, 9.17) is 11.6 Å². The van der Waals surface area contributed by atoms with Gasteiger partial charge in [-0.2, -0.15) is 5.26 Å². The summed E-state index contributed by atoms with van der Waals surface area (Å²) in [4.78, 5) is 1.98. The van der Waals surface area contributed by atoms with Crippen molar-refractivity contribution in [3.63, 3.8) is 0 Å². The lowest BCUT2D eigenvalue weighted by Crippen LogP contribution is -2.34. The first kappa shape index (κ1) is 14.8. The Labute approximate surface area is 132 Å². The van der Waals surface area contributed by atoms with E-state index in [-0.39, 0.29) is 5.56 Å². The molecule has 1 aromatic carbocycles. The van der Waals surface area contributed by atoms with Gasteiger partial charge in [-0.05, 0) is 25.0 Å². The average molecular weight is 320 g/mol. The average Bonchev–Trinajstić information content (AvgIpc) is 2.95. The van der Waals surface area contributed by atoms with Crippen molar-refractivity contribution >= 4 is 17.3 Å². The van der Waals surface area contributed by atoms with Crippen LogP contribution >= 0.6 is 11.6 Å². The number of nitrogens with zero attached hydrogens (tertiary/aromatic N) is 5. The Morgan fingerprint density at radius 2 is 2.09 bits per heavy atom. The summed E-state index contributed by atoms with van der Waals surface area (Å²) >= 11 is 6.19. The Morgan fingerprint density at radius 1 is 1.36 bits per heavy atom. The fraction of sp³-hybridized carbons (Fsp3) is 0.400. The van der Waals surface area contributed by atoms with Gasteiger partial charge in [0, 0.05) is 26.1 Å². The molecule has 0 N–H and O–H groups in total. The number of benzene rings is 1. The predicted octanol–water partition coefficient (Wildman–Crippen LogP) is 2.86. The fourth-order valence-corrected chi connectivity index (χ4v) is 3.26. The van der Waals surface area contributed by atoms with Crippen LogP contribution in [-0.2, 0) is 7.05 Å². The number of rotatable bonds is 2. The van der Waals surface area contributed by atoms with Gasteiger partial charge >= 0.3 is 0 Å². The van der Waals surface area contributed by atoms with Crippen molar-refractivity contribution in [2.45, 2.75) is 18.8 Å². The van der Waals surface area contributed by atoms with Crippen LogP contribution in [0.4, 0.5) is 10.1 Å². The molecule has 5 nitrogen and oxygen atoms in total. The predicted molar refractivity (Wildman–Crippen MR) is 81.3 cm³/mol. The second-order valence-electron chi connectivity index (χ2n) is 5.43. The second-order valence-corrected chi connectivity index (χ2v) is 5.83. The molecule has 1 aliphatic rings. The second kappa shape index (κ2) is 5.93. The number of aryl methyl sites for hydroxylation is 1. The Hall–Kier alpha value is -2.13. The first-order valence-corrected chi connectivity index (χ1v) is 7.46. The van der Waals surface area contributed by atoms with Crippen molar-refractivity contribution in [2.75, 3.05) is 18.0 Å². The summed E-state index contributed by atoms with van der Waals surface area (Å²) < 4.78 is 15.7. The van der Waals surface area contributed by atoms with Crippen molar-refractivity contribution in [1.82, 2.24) is 14.8 Å². The molecule has 2 aromatic rings. The van der Waals surface area contributed by atoms with Crippen molar-refractivity contribution in [3.05, 3.63) is 40.7 Å². The van der Waals surface area contributed by atoms with Gasteiger partial charge in [0.25, 0.3) is 0 Å². The molecule has 114 valence electrons. The number of hydrogen-bond acceptors (Lipinski definition) is 4. The highest BCUT2D eigenvalue weighted by atomic mass is 35.5. The molecule has 3 rings (SSSR count). The van der Waals surface area contributed by atoms with Crippen LogP contribution in [0.1, 0.15) is 30.1 Å². The number of aromatic nitrogens is 3. The maximum atomic E-state index is 13.8. The molecule has 0 bridgehead atoms. The molecule has 0 saturated carbocycles. The number of anilines is 1. The first-order chi connectivity index (χ1) is 10.6. The molecule has 0 spiro atoms. The zero-order valence-corrected chi connectivity index (χ0v) is 12.9. The molecular weight excluding hydrogens is 305 g/mol. The van der Waals surface area contributed by atoms with E-state index >= 15 is 0 Å². The molecule has 0 unspecified atom stereocenters. The van der Waals surface area contributed by atoms with Crippen LogP contribution in [0, 0.1) is 17.1 Å². The molecule has 1 saturated heterocycles. The topological polar surface area (TPSA) is 57.7 Å². The minimum atomic E-state index is -0.530. The maximum Gasteiger partial charge on any atom is 0.143 e. The third-order valence-corrected chi connectivity index (χ3v) is 4.42. The summed E-state index contributed by atoms with van der Waals surface area (Å²) in [6, 6.07) is 4.66. The van der Waals surface area contributed by atoms with Crippen molar-refractivity contribution in [2.24, 2.45) is 7.05 Å². The first-order valence-electron chi connectivity index (χ1n) is 7.08. The summed E-state index contributed by atoms with van der Waals surface area (Å²) in [5.74, 6) is 0.754. The molecular formula is C15H15ClFN5. The van der Waals surface area contributed by atoms with Crippen LogP contribution in [0.25, 0.3) is 0 Å². The van der Waals surface area contributed by atoms with Crippen molar-refractivity contribution in [3.8, 4) is 6.07 Å². The summed E-state index contributed by atoms with van der Waals surface area (Å²) in [6.45, 7) is 1.41. The Morgan fingerprint density at radius 3 is 2.68 bits per heavy atom. The van der Waals surface area contributed by atoms with E-state index in [0.717, 1.165) is 18.7 Å². The number of piperidine rings is 1. The van der Waals surface area contributed by atoms with Crippen LogP contribution < -0.4 is 4.90 Å². The van der Waals surface area contributed by atoms with Crippen molar-refractivity contribution < 1.29 is 4.39 Å². The summed E-state index contributed by atoms with van der Waals surface area (Å²) in [5.41, 5.74) is 0.519. The summed E-state index contributed by atoms with van der Waals surface area (Å²) in [6.07, 6.45) is 3.42. The molecule has 1 fully saturated rings. The van der Waals surface area contributed by atoms with Gasteiger partial charge in [0.1, 0.15) is 29.6 Å². The van der Waals surface area contributed by atoms with Gasteiger partial charge in [0.15, 0.2) is 0 Å². The Balaban J connectivity index is 1.82. The monoisotopic (exact) mass is 319 g/mol. The van der Waals surface area contributed by atoms with E-state index in [9.17, 15) is 9.65 Å². The van der Waals surface area contributed by atoms with Gasteiger partial charge < -0.3 is 9.47 Å². The van der Waals surface area contributed by atoms with E-state index in [1.165, 1.54) is 12.1 Å². The molecule has 0 atom stereocenters. The normalized spacial score (nSPS) is 15.8. The van der Waals surface area contributed by atoms with Gasteiger partial charge in [-0.3, -0.25) is 0 Å². The smallest absolute Gasteiger partial charge is 0.143 e. The van der Waals surface area contributed by atoms with Crippen LogP contribution in [0.2, 0.25) is 5.02 Å². The molecule has 1 aromatic heterocycles. The number of halogens is 2. The maximum absolute atomic E-state index is 13.8. The molecule has 22 heavy (non-hydrogen) atoms. The lowest BCUT2D eigenvalue weighted by molar-refractivity contribution is 0.473. The van der Waals surface area contributed by atoms with Gasteiger partial charge in [-0.1, -0.05) is 11.6 Å². The minimum absolute atomic E-state index is 0.0182. The van der Waals surface area contributed by atoms with Gasteiger partial charge in [0.05, 0.1) is 10.7 Å². The molecule has 0 radical (unpaired) electrons. The highest BCUT2D eigenvalue weighted by molar-refractivity contribution is 6.33. The lowest BCUT2D eigenvalue weighted by atomic mass is 9.95. The SMILES string of the molecule is Cn1cnnc1C1CCN(c2c(Cl)ccc(F)c2C#N)CC1. The fourth-order valence-electron chi connectivity index (χ4n) is 2.98. The Kier molecular flexibility index (Phi) is 3.99. The van der Waals surface area contributed by atoms with Gasteiger partial charge in [0.2, 0.25) is 0 Å². The lowest BCUT2D eigenvalue weighted by Gasteiger charge is -2.34. The molecule has 0 amide bonds. The van der Waals surface area contributed by atoms with E-state index in [2.05, 4.69) is 10.2 Å². The number of nitriles is 1. The van der Waals surface area contributed by atoms with E-state index in [0.29, 0.717) is 29.7 Å². The molecule has 1 aliphatic heterocycles. The van der Waals surface area contributed by atoms with Crippen molar-refractivity contribution in [1.29, 1.82) is 5.26 Å². The van der Waals surface area contributed by atoms with Crippen LogP contribution in [-0.4, -0.2) is 27.9 Å². The van der Waals surface area contributed by atoms with E-state index < -0.39 is 5.82 Å². The molecule has 0 aliphatic carbocycles. The standard InChI is InChI=1S/C15H15ClFN5/c1-21-9-19-20-15(21)10-4-6-22(7-5-10)14-11(8-18)13(17)3-2-12(14)16/h2-3,9-10H,4-7H2,1H3. The molecule has 7 heteroatoms. The van der Waals surface area contributed by atoms with E-state index in [1.54, 1.807) is 6.33 Å². The third kappa shape index (κ3) is 2.53. The third-order valence-electron chi connectivity index (χ3n) is 4.11. The quantitative estimate of drug-likeness (QED) is 0.854. The highest BCUT2D eigenvalue weighted by Gasteiger charge is 2.27. The summed E-state index contributed by atoms with van der Waals surface area (Å²) in [5, 5.41) is 17.7. The van der Waals surface area contributed by atoms with Crippen LogP contribution in [0.5, 0.6) is 0 Å². The van der Waals surface area contributed by atoms with Crippen LogP contribution in [0.15, 0.2) is 18.5 Å². The zero-order chi connectivity index (χ0) is 15.7. The zero-order valence-electron chi connectivity index (χ0n) is 12.1. The Bertz CT molecular complexity index is 728. The largest absolute Gasteiger partial charge is 0.369 e.